The highest BCUT2D eigenvalue weighted by Crippen LogP contribution is 2.37. The molecule has 1 atom stereocenters. The summed E-state index contributed by atoms with van der Waals surface area (Å²) in [6.45, 7) is 3.39. The SMILES string of the molecule is C[C@H]1C(=O)N(C)c2ccc(Cl)nc2N1C1CCOCC1. The maximum absolute atomic E-state index is 12.4. The van der Waals surface area contributed by atoms with Crippen molar-refractivity contribution in [3.8, 4) is 0 Å². The van der Waals surface area contributed by atoms with E-state index in [2.05, 4.69) is 9.88 Å². The molecule has 0 radical (unpaired) electrons. The molecule has 1 amide bonds. The zero-order chi connectivity index (χ0) is 14.3. The molecule has 1 fully saturated rings. The number of hydrogen-bond donors (Lipinski definition) is 0. The summed E-state index contributed by atoms with van der Waals surface area (Å²) in [4.78, 5) is 20.7. The molecule has 1 saturated heterocycles. The van der Waals surface area contributed by atoms with Gasteiger partial charge in [0.15, 0.2) is 5.82 Å². The van der Waals surface area contributed by atoms with Crippen molar-refractivity contribution in [2.75, 3.05) is 30.1 Å². The lowest BCUT2D eigenvalue weighted by atomic mass is 10.0. The molecule has 3 rings (SSSR count). The Balaban J connectivity index is 2.05. The molecule has 2 aliphatic heterocycles. The molecule has 0 saturated carbocycles. The van der Waals surface area contributed by atoms with Crippen LogP contribution >= 0.6 is 11.6 Å². The summed E-state index contributed by atoms with van der Waals surface area (Å²) < 4.78 is 5.42. The second-order valence-electron chi connectivity index (χ2n) is 5.30. The van der Waals surface area contributed by atoms with Gasteiger partial charge in [-0.25, -0.2) is 4.98 Å². The van der Waals surface area contributed by atoms with E-state index in [0.717, 1.165) is 37.6 Å². The lowest BCUT2D eigenvalue weighted by molar-refractivity contribution is -0.119. The van der Waals surface area contributed by atoms with Gasteiger partial charge in [-0.2, -0.15) is 0 Å². The summed E-state index contributed by atoms with van der Waals surface area (Å²) in [5.74, 6) is 0.895. The Morgan fingerprint density at radius 3 is 2.75 bits per heavy atom. The van der Waals surface area contributed by atoms with Crippen molar-refractivity contribution in [3.05, 3.63) is 17.3 Å². The minimum absolute atomic E-state index is 0.0908. The molecular weight excluding hydrogens is 278 g/mol. The second kappa shape index (κ2) is 5.22. The van der Waals surface area contributed by atoms with Gasteiger partial charge in [0.1, 0.15) is 11.2 Å². The van der Waals surface area contributed by atoms with Crippen molar-refractivity contribution in [2.24, 2.45) is 0 Å². The Kier molecular flexibility index (Phi) is 3.56. The number of carbonyl (C=O) groups is 1. The van der Waals surface area contributed by atoms with Gasteiger partial charge < -0.3 is 14.5 Å². The van der Waals surface area contributed by atoms with Crippen LogP contribution in [0.1, 0.15) is 19.8 Å². The van der Waals surface area contributed by atoms with Gasteiger partial charge in [-0.05, 0) is 31.9 Å². The van der Waals surface area contributed by atoms with E-state index in [1.54, 1.807) is 18.0 Å². The van der Waals surface area contributed by atoms with Gasteiger partial charge in [0.2, 0.25) is 5.91 Å². The fourth-order valence-electron chi connectivity index (χ4n) is 3.02. The number of carbonyl (C=O) groups excluding carboxylic acids is 1. The molecule has 5 nitrogen and oxygen atoms in total. The molecule has 0 unspecified atom stereocenters. The Morgan fingerprint density at radius 1 is 1.35 bits per heavy atom. The summed E-state index contributed by atoms with van der Waals surface area (Å²) in [6.07, 6.45) is 1.82. The molecule has 20 heavy (non-hydrogen) atoms. The molecular formula is C14H18ClN3O2. The van der Waals surface area contributed by atoms with Gasteiger partial charge in [0.05, 0.1) is 5.69 Å². The molecule has 1 aromatic rings. The predicted octanol–water partition coefficient (Wildman–Crippen LogP) is 2.09. The minimum atomic E-state index is -0.221. The van der Waals surface area contributed by atoms with Crippen molar-refractivity contribution in [3.63, 3.8) is 0 Å². The maximum Gasteiger partial charge on any atom is 0.249 e. The normalized spacial score (nSPS) is 23.9. The molecule has 1 aromatic heterocycles. The average molecular weight is 296 g/mol. The molecule has 6 heteroatoms. The fraction of sp³-hybridized carbons (Fsp3) is 0.571. The lowest BCUT2D eigenvalue weighted by Crippen LogP contribution is -2.56. The van der Waals surface area contributed by atoms with Crippen molar-refractivity contribution < 1.29 is 9.53 Å². The number of anilines is 2. The standard InChI is InChI=1S/C14H18ClN3O2/c1-9-14(19)17(2)11-3-4-12(15)16-13(11)18(9)10-5-7-20-8-6-10/h3-4,9-10H,5-8H2,1-2H3/t9-/m0/s1. The zero-order valence-electron chi connectivity index (χ0n) is 11.7. The highest BCUT2D eigenvalue weighted by atomic mass is 35.5. The van der Waals surface area contributed by atoms with Gasteiger partial charge in [0, 0.05) is 26.3 Å². The molecule has 0 aliphatic carbocycles. The Hall–Kier alpha value is -1.33. The van der Waals surface area contributed by atoms with Gasteiger partial charge in [-0.15, -0.1) is 0 Å². The minimum Gasteiger partial charge on any atom is -0.381 e. The molecule has 0 spiro atoms. The first-order valence-corrected chi connectivity index (χ1v) is 7.27. The van der Waals surface area contributed by atoms with Gasteiger partial charge in [-0.3, -0.25) is 4.79 Å². The van der Waals surface area contributed by atoms with Crippen LogP contribution in [-0.2, 0) is 9.53 Å². The second-order valence-corrected chi connectivity index (χ2v) is 5.69. The molecule has 0 bridgehead atoms. The van der Waals surface area contributed by atoms with Crippen LogP contribution < -0.4 is 9.80 Å². The van der Waals surface area contributed by atoms with Crippen LogP contribution in [0.2, 0.25) is 5.15 Å². The van der Waals surface area contributed by atoms with E-state index in [9.17, 15) is 4.79 Å². The smallest absolute Gasteiger partial charge is 0.249 e. The fourth-order valence-corrected chi connectivity index (χ4v) is 3.17. The Morgan fingerprint density at radius 2 is 2.05 bits per heavy atom. The van der Waals surface area contributed by atoms with Crippen LogP contribution in [0.4, 0.5) is 11.5 Å². The van der Waals surface area contributed by atoms with Crippen LogP contribution in [-0.4, -0.2) is 43.2 Å². The molecule has 0 N–H and O–H groups in total. The predicted molar refractivity (Wildman–Crippen MR) is 78.4 cm³/mol. The number of fused-ring (bicyclic) bond motifs is 1. The number of likely N-dealkylation sites (N-methyl/N-ethyl adjacent to an activating group) is 1. The number of aromatic nitrogens is 1. The van der Waals surface area contributed by atoms with E-state index in [1.807, 2.05) is 13.0 Å². The van der Waals surface area contributed by atoms with E-state index >= 15 is 0 Å². The third-order valence-electron chi connectivity index (χ3n) is 4.12. The summed E-state index contributed by atoms with van der Waals surface area (Å²) >= 11 is 6.05. The van der Waals surface area contributed by atoms with Crippen molar-refractivity contribution >= 4 is 29.0 Å². The van der Waals surface area contributed by atoms with E-state index in [-0.39, 0.29) is 18.0 Å². The van der Waals surface area contributed by atoms with Crippen LogP contribution in [0.5, 0.6) is 0 Å². The highest BCUT2D eigenvalue weighted by molar-refractivity contribution is 6.29. The van der Waals surface area contributed by atoms with E-state index in [1.165, 1.54) is 0 Å². The summed E-state index contributed by atoms with van der Waals surface area (Å²) in [5.41, 5.74) is 0.823. The number of ether oxygens (including phenoxy) is 1. The summed E-state index contributed by atoms with van der Waals surface area (Å²) in [5, 5.41) is 0.454. The van der Waals surface area contributed by atoms with Crippen LogP contribution in [0.3, 0.4) is 0 Å². The third-order valence-corrected chi connectivity index (χ3v) is 4.33. The van der Waals surface area contributed by atoms with Crippen molar-refractivity contribution in [2.45, 2.75) is 31.8 Å². The Labute approximate surface area is 123 Å². The topological polar surface area (TPSA) is 45.7 Å². The average Bonchev–Trinajstić information content (AvgIpc) is 2.46. The number of amides is 1. The first-order chi connectivity index (χ1) is 9.59. The first kappa shape index (κ1) is 13.6. The highest BCUT2D eigenvalue weighted by Gasteiger charge is 2.38. The summed E-state index contributed by atoms with van der Waals surface area (Å²) in [7, 11) is 1.79. The number of pyridine rings is 1. The molecule has 2 aliphatic rings. The number of hydrogen-bond acceptors (Lipinski definition) is 4. The van der Waals surface area contributed by atoms with Crippen LogP contribution in [0, 0.1) is 0 Å². The molecule has 3 heterocycles. The number of halogens is 1. The van der Waals surface area contributed by atoms with Gasteiger partial charge in [-0.1, -0.05) is 11.6 Å². The van der Waals surface area contributed by atoms with Crippen molar-refractivity contribution in [1.29, 1.82) is 0 Å². The number of nitrogens with zero attached hydrogens (tertiary/aromatic N) is 3. The van der Waals surface area contributed by atoms with E-state index < -0.39 is 0 Å². The van der Waals surface area contributed by atoms with Crippen LogP contribution in [0.25, 0.3) is 0 Å². The zero-order valence-corrected chi connectivity index (χ0v) is 12.4. The lowest BCUT2D eigenvalue weighted by Gasteiger charge is -2.44. The van der Waals surface area contributed by atoms with E-state index in [0.29, 0.717) is 5.15 Å². The monoisotopic (exact) mass is 295 g/mol. The van der Waals surface area contributed by atoms with Crippen molar-refractivity contribution in [1.82, 2.24) is 4.98 Å². The number of rotatable bonds is 1. The van der Waals surface area contributed by atoms with Crippen LogP contribution in [0.15, 0.2) is 12.1 Å². The van der Waals surface area contributed by atoms with Gasteiger partial charge in [0.25, 0.3) is 0 Å². The largest absolute Gasteiger partial charge is 0.381 e. The Bertz CT molecular complexity index is 531. The van der Waals surface area contributed by atoms with Gasteiger partial charge >= 0.3 is 0 Å². The first-order valence-electron chi connectivity index (χ1n) is 6.90. The van der Waals surface area contributed by atoms with E-state index in [4.69, 9.17) is 16.3 Å². The quantitative estimate of drug-likeness (QED) is 0.744. The molecule has 0 aromatic carbocycles. The maximum atomic E-state index is 12.4. The molecule has 108 valence electrons. The summed E-state index contributed by atoms with van der Waals surface area (Å²) in [6, 6.07) is 3.64. The third kappa shape index (κ3) is 2.15.